The van der Waals surface area contributed by atoms with Gasteiger partial charge in [-0.2, -0.15) is 0 Å². The van der Waals surface area contributed by atoms with Crippen LogP contribution in [0.2, 0.25) is 0 Å². The van der Waals surface area contributed by atoms with Gasteiger partial charge in [0, 0.05) is 15.8 Å². The summed E-state index contributed by atoms with van der Waals surface area (Å²) in [5, 5.41) is 0. The fourth-order valence-electron chi connectivity index (χ4n) is 3.20. The molecule has 0 amide bonds. The van der Waals surface area contributed by atoms with E-state index in [2.05, 4.69) is 24.8 Å². The number of ether oxygens (including phenoxy) is 1. The van der Waals surface area contributed by atoms with Crippen LogP contribution in [0.3, 0.4) is 0 Å². The molecule has 2 heterocycles. The molecule has 0 aromatic carbocycles. The van der Waals surface area contributed by atoms with Crippen molar-refractivity contribution < 1.29 is 9.53 Å². The quantitative estimate of drug-likeness (QED) is 0.762. The van der Waals surface area contributed by atoms with Gasteiger partial charge in [0.1, 0.15) is 0 Å². The highest BCUT2D eigenvalue weighted by molar-refractivity contribution is 7.12. The van der Waals surface area contributed by atoms with Gasteiger partial charge in [-0.05, 0) is 58.3 Å². The zero-order valence-corrected chi connectivity index (χ0v) is 14.3. The third-order valence-electron chi connectivity index (χ3n) is 4.19. The SMILES string of the molecule is CCOC(=O)CC(c1cc(C)sc1C)N1CCCCCC1. The summed E-state index contributed by atoms with van der Waals surface area (Å²) in [5.74, 6) is -0.0741. The van der Waals surface area contributed by atoms with Crippen LogP contribution in [0.25, 0.3) is 0 Å². The smallest absolute Gasteiger partial charge is 0.307 e. The van der Waals surface area contributed by atoms with Crippen LogP contribution >= 0.6 is 11.3 Å². The Hall–Kier alpha value is -0.870. The number of esters is 1. The molecule has 1 aliphatic rings. The molecular formula is C17H27NO2S. The molecule has 3 nitrogen and oxygen atoms in total. The molecule has 1 unspecified atom stereocenters. The highest BCUT2D eigenvalue weighted by Gasteiger charge is 2.26. The summed E-state index contributed by atoms with van der Waals surface area (Å²) in [5.41, 5.74) is 1.33. The summed E-state index contributed by atoms with van der Waals surface area (Å²) in [4.78, 5) is 17.2. The van der Waals surface area contributed by atoms with Crippen LogP contribution in [0.4, 0.5) is 0 Å². The number of rotatable bonds is 5. The zero-order valence-electron chi connectivity index (χ0n) is 13.5. The minimum absolute atomic E-state index is 0.0741. The summed E-state index contributed by atoms with van der Waals surface area (Å²) in [7, 11) is 0. The molecule has 4 heteroatoms. The molecule has 2 rings (SSSR count). The van der Waals surface area contributed by atoms with Gasteiger partial charge < -0.3 is 4.74 Å². The highest BCUT2D eigenvalue weighted by atomic mass is 32.1. The third kappa shape index (κ3) is 4.55. The summed E-state index contributed by atoms with van der Waals surface area (Å²) < 4.78 is 5.20. The van der Waals surface area contributed by atoms with Crippen LogP contribution in [0, 0.1) is 13.8 Å². The summed E-state index contributed by atoms with van der Waals surface area (Å²) in [6, 6.07) is 2.45. The first-order valence-electron chi connectivity index (χ1n) is 8.08. The average molecular weight is 309 g/mol. The van der Waals surface area contributed by atoms with E-state index in [1.807, 2.05) is 18.3 Å². The number of nitrogens with zero attached hydrogens (tertiary/aromatic N) is 1. The molecule has 118 valence electrons. The minimum Gasteiger partial charge on any atom is -0.466 e. The van der Waals surface area contributed by atoms with Crippen LogP contribution in [-0.2, 0) is 9.53 Å². The lowest BCUT2D eigenvalue weighted by Crippen LogP contribution is -2.32. The average Bonchev–Trinajstić information content (AvgIpc) is 2.66. The summed E-state index contributed by atoms with van der Waals surface area (Å²) in [6.07, 6.45) is 5.57. The third-order valence-corrected chi connectivity index (χ3v) is 5.17. The second-order valence-corrected chi connectivity index (χ2v) is 7.30. The van der Waals surface area contributed by atoms with Crippen molar-refractivity contribution in [2.24, 2.45) is 0 Å². The largest absolute Gasteiger partial charge is 0.466 e. The van der Waals surface area contributed by atoms with Crippen molar-refractivity contribution in [3.05, 3.63) is 21.4 Å². The van der Waals surface area contributed by atoms with Crippen molar-refractivity contribution in [2.75, 3.05) is 19.7 Å². The summed E-state index contributed by atoms with van der Waals surface area (Å²) in [6.45, 7) is 8.84. The zero-order chi connectivity index (χ0) is 15.2. The van der Waals surface area contributed by atoms with Crippen LogP contribution in [0.1, 0.15) is 60.4 Å². The molecule has 1 aromatic rings. The van der Waals surface area contributed by atoms with E-state index >= 15 is 0 Å². The van der Waals surface area contributed by atoms with E-state index in [-0.39, 0.29) is 12.0 Å². The van der Waals surface area contributed by atoms with Gasteiger partial charge >= 0.3 is 5.97 Å². The molecule has 21 heavy (non-hydrogen) atoms. The van der Waals surface area contributed by atoms with Crippen molar-refractivity contribution in [1.29, 1.82) is 0 Å². The second kappa shape index (κ2) is 7.95. The Morgan fingerprint density at radius 1 is 1.29 bits per heavy atom. The van der Waals surface area contributed by atoms with Crippen LogP contribution < -0.4 is 0 Å². The topological polar surface area (TPSA) is 29.5 Å². The molecule has 0 bridgehead atoms. The molecule has 0 saturated carbocycles. The Bertz CT molecular complexity index is 461. The Labute approximate surface area is 132 Å². The monoisotopic (exact) mass is 309 g/mol. The molecule has 1 aromatic heterocycles. The van der Waals surface area contributed by atoms with Gasteiger partial charge in [0.05, 0.1) is 13.0 Å². The minimum atomic E-state index is -0.0741. The van der Waals surface area contributed by atoms with E-state index in [1.165, 1.54) is 41.0 Å². The molecule has 0 aliphatic carbocycles. The van der Waals surface area contributed by atoms with Crippen molar-refractivity contribution in [3.8, 4) is 0 Å². The fourth-order valence-corrected chi connectivity index (χ4v) is 4.18. The number of hydrogen-bond donors (Lipinski definition) is 0. The van der Waals surface area contributed by atoms with E-state index in [0.717, 1.165) is 13.1 Å². The van der Waals surface area contributed by atoms with E-state index in [1.54, 1.807) is 0 Å². The molecule has 0 N–H and O–H groups in total. The van der Waals surface area contributed by atoms with E-state index in [0.29, 0.717) is 13.0 Å². The van der Waals surface area contributed by atoms with Crippen molar-refractivity contribution in [1.82, 2.24) is 4.90 Å². The number of carbonyl (C=O) groups is 1. The lowest BCUT2D eigenvalue weighted by Gasteiger charge is -2.30. The highest BCUT2D eigenvalue weighted by Crippen LogP contribution is 2.34. The van der Waals surface area contributed by atoms with Crippen LogP contribution in [0.5, 0.6) is 0 Å². The maximum Gasteiger partial charge on any atom is 0.307 e. The number of aryl methyl sites for hydroxylation is 2. The Morgan fingerprint density at radius 3 is 2.48 bits per heavy atom. The molecule has 1 atom stereocenters. The molecule has 0 radical (unpaired) electrons. The standard InChI is InChI=1S/C17H27NO2S/c1-4-20-17(19)12-16(15-11-13(2)21-14(15)3)18-9-7-5-6-8-10-18/h11,16H,4-10,12H2,1-3H3. The van der Waals surface area contributed by atoms with Crippen LogP contribution in [0.15, 0.2) is 6.07 Å². The van der Waals surface area contributed by atoms with Gasteiger partial charge in [0.15, 0.2) is 0 Å². The predicted molar refractivity (Wildman–Crippen MR) is 87.8 cm³/mol. The first-order valence-corrected chi connectivity index (χ1v) is 8.90. The molecule has 1 aliphatic heterocycles. The first-order chi connectivity index (χ1) is 10.1. The number of carbonyl (C=O) groups excluding carboxylic acids is 1. The number of hydrogen-bond acceptors (Lipinski definition) is 4. The lowest BCUT2D eigenvalue weighted by molar-refractivity contribution is -0.144. The molecule has 1 saturated heterocycles. The van der Waals surface area contributed by atoms with Gasteiger partial charge in [0.2, 0.25) is 0 Å². The summed E-state index contributed by atoms with van der Waals surface area (Å²) >= 11 is 1.83. The normalized spacial score (nSPS) is 18.2. The van der Waals surface area contributed by atoms with Crippen molar-refractivity contribution >= 4 is 17.3 Å². The lowest BCUT2D eigenvalue weighted by atomic mass is 10.0. The Morgan fingerprint density at radius 2 is 1.95 bits per heavy atom. The number of likely N-dealkylation sites (tertiary alicyclic amines) is 1. The van der Waals surface area contributed by atoms with Gasteiger partial charge in [-0.3, -0.25) is 9.69 Å². The van der Waals surface area contributed by atoms with Gasteiger partial charge in [-0.1, -0.05) is 12.8 Å². The molecule has 1 fully saturated rings. The van der Waals surface area contributed by atoms with E-state index < -0.39 is 0 Å². The maximum absolute atomic E-state index is 12.0. The Kier molecular flexibility index (Phi) is 6.24. The van der Waals surface area contributed by atoms with Crippen molar-refractivity contribution in [2.45, 2.75) is 58.9 Å². The van der Waals surface area contributed by atoms with E-state index in [4.69, 9.17) is 4.74 Å². The second-order valence-electron chi connectivity index (χ2n) is 5.84. The molecule has 0 spiro atoms. The van der Waals surface area contributed by atoms with Gasteiger partial charge in [-0.15, -0.1) is 11.3 Å². The Balaban J connectivity index is 2.20. The van der Waals surface area contributed by atoms with E-state index in [9.17, 15) is 4.79 Å². The maximum atomic E-state index is 12.0. The van der Waals surface area contributed by atoms with Crippen LogP contribution in [-0.4, -0.2) is 30.6 Å². The number of thiophene rings is 1. The fraction of sp³-hybridized carbons (Fsp3) is 0.706. The van der Waals surface area contributed by atoms with Gasteiger partial charge in [0.25, 0.3) is 0 Å². The molecular weight excluding hydrogens is 282 g/mol. The van der Waals surface area contributed by atoms with Crippen molar-refractivity contribution in [3.63, 3.8) is 0 Å². The van der Waals surface area contributed by atoms with Gasteiger partial charge in [-0.25, -0.2) is 0 Å². The first kappa shape index (κ1) is 16.5. The predicted octanol–water partition coefficient (Wildman–Crippen LogP) is 4.24.